The average molecular weight is 338 g/mol. The van der Waals surface area contributed by atoms with Crippen LogP contribution in [0, 0.1) is 35.6 Å². The molecule has 0 aromatic heterocycles. The molecule has 0 aliphatic carbocycles. The molecule has 10 heavy (non-hydrogen) atoms. The number of carbonyl (C=O) groups excluding carboxylic acids is 1. The minimum atomic E-state index is -1.19. The number of aliphatic carboxylic acids is 1. The summed E-state index contributed by atoms with van der Waals surface area (Å²) < 4.78 is 0. The molecule has 0 aromatic rings. The largest absolute Gasteiger partial charge is 4.00 e. The predicted molar refractivity (Wildman–Crippen MR) is 20.5 cm³/mol. The molecule has 0 amide bonds. The van der Waals surface area contributed by atoms with Gasteiger partial charge in [0.2, 0.25) is 0 Å². The first kappa shape index (κ1) is 29.7. The number of carbonyl (C=O) groups is 1. The minimum absolute atomic E-state index is 0. The van der Waals surface area contributed by atoms with Crippen LogP contribution in [-0.2, 0) is 36.5 Å². The van der Waals surface area contributed by atoms with E-state index in [9.17, 15) is 9.90 Å². The van der Waals surface area contributed by atoms with Gasteiger partial charge in [-0.3, -0.25) is 0 Å². The fourth-order valence-electron chi connectivity index (χ4n) is 0. The van der Waals surface area contributed by atoms with Crippen molar-refractivity contribution in [2.75, 3.05) is 0 Å². The normalized spacial score (nSPS) is 4.50. The van der Waals surface area contributed by atoms with Crippen molar-refractivity contribution >= 4 is 5.97 Å². The molecule has 6 heteroatoms. The fourth-order valence-corrected chi connectivity index (χ4v) is 0. The Hall–Kier alpha value is 1.85. The molecule has 0 bridgehead atoms. The third-order valence-corrected chi connectivity index (χ3v) is 0.348. The van der Waals surface area contributed by atoms with Crippen LogP contribution in [0.3, 0.4) is 0 Å². The Bertz CT molecular complexity index is 86.5. The monoisotopic (exact) mass is 337 g/mol. The Kier molecular flexibility index (Phi) is 50.8. The third kappa shape index (κ3) is 22.5. The standard InChI is InChI=1S/C4H6O2.La.Li.O.Zr/c1-3(2)4(5)6;;;;/h1H2,2H3,(H,5,6);;;;/q;+3;+1;-2;+4/p-1. The second-order valence-corrected chi connectivity index (χ2v) is 1.07. The summed E-state index contributed by atoms with van der Waals surface area (Å²) in [5.41, 5.74) is 0.0648. The first-order valence-corrected chi connectivity index (χ1v) is 1.51. The molecule has 0 aliphatic heterocycles. The molecule has 0 atom stereocenters. The Morgan fingerprint density at radius 1 is 1.50 bits per heavy atom. The van der Waals surface area contributed by atoms with Crippen molar-refractivity contribution in [3.05, 3.63) is 12.2 Å². The van der Waals surface area contributed by atoms with Crippen molar-refractivity contribution in [1.29, 1.82) is 0 Å². The Morgan fingerprint density at radius 2 is 1.60 bits per heavy atom. The quantitative estimate of drug-likeness (QED) is 0.364. The maximum absolute atomic E-state index is 9.49. The van der Waals surface area contributed by atoms with Crippen LogP contribution in [0.25, 0.3) is 0 Å². The molecule has 0 unspecified atom stereocenters. The molecule has 0 saturated carbocycles. The fraction of sp³-hybridized carbons (Fsp3) is 0.250. The van der Waals surface area contributed by atoms with Crippen LogP contribution in [0.5, 0.6) is 0 Å². The number of rotatable bonds is 1. The summed E-state index contributed by atoms with van der Waals surface area (Å²) >= 11 is 0. The van der Waals surface area contributed by atoms with Gasteiger partial charge in [0.25, 0.3) is 0 Å². The molecule has 0 fully saturated rings. The van der Waals surface area contributed by atoms with Gasteiger partial charge >= 0.3 is 80.7 Å². The Balaban J connectivity index is -0.0000000208. The molecule has 0 saturated heterocycles. The Labute approximate surface area is 119 Å². The van der Waals surface area contributed by atoms with Gasteiger partial charge in [0.05, 0.1) is 5.97 Å². The molecule has 42 valence electrons. The molecule has 0 heterocycles. The van der Waals surface area contributed by atoms with E-state index in [1.54, 1.807) is 0 Å². The van der Waals surface area contributed by atoms with E-state index >= 15 is 0 Å². The van der Waals surface area contributed by atoms with E-state index in [4.69, 9.17) is 0 Å². The topological polar surface area (TPSA) is 68.6 Å². The van der Waals surface area contributed by atoms with E-state index in [2.05, 4.69) is 6.58 Å². The molecule has 0 rings (SSSR count). The summed E-state index contributed by atoms with van der Waals surface area (Å²) in [6.45, 7) is 4.48. The van der Waals surface area contributed by atoms with Gasteiger partial charge < -0.3 is 15.4 Å². The van der Waals surface area contributed by atoms with Crippen LogP contribution in [-0.4, -0.2) is 5.97 Å². The zero-order chi connectivity index (χ0) is 5.15. The van der Waals surface area contributed by atoms with Crippen LogP contribution in [0.1, 0.15) is 6.92 Å². The van der Waals surface area contributed by atoms with Crippen molar-refractivity contribution in [2.45, 2.75) is 6.92 Å². The summed E-state index contributed by atoms with van der Waals surface area (Å²) in [4.78, 5) is 9.49. The molecule has 0 aliphatic rings. The molecule has 0 aromatic carbocycles. The summed E-state index contributed by atoms with van der Waals surface area (Å²) in [6, 6.07) is 0. The van der Waals surface area contributed by atoms with Crippen molar-refractivity contribution < 1.29 is 96.0 Å². The number of hydrogen-bond donors (Lipinski definition) is 0. The van der Waals surface area contributed by atoms with Gasteiger partial charge in [-0.25, -0.2) is 0 Å². The maximum Gasteiger partial charge on any atom is 4.00 e. The predicted octanol–water partition coefficient (Wildman–Crippen LogP) is -3.80. The van der Waals surface area contributed by atoms with E-state index in [1.165, 1.54) is 6.92 Å². The number of carboxylic acid groups (broad SMARTS) is 1. The maximum atomic E-state index is 9.49. The minimum Gasteiger partial charge on any atom is -2.00 e. The first-order valence-electron chi connectivity index (χ1n) is 1.51. The van der Waals surface area contributed by atoms with Gasteiger partial charge in [-0.2, -0.15) is 0 Å². The van der Waals surface area contributed by atoms with Gasteiger partial charge in [-0.15, -0.1) is 0 Å². The average Bonchev–Trinajstić information content (AvgIpc) is 1.36. The zero-order valence-corrected chi connectivity index (χ0v) is 12.1. The number of hydrogen-bond acceptors (Lipinski definition) is 2. The SMILES string of the molecule is C=C(C)C(=O)[O-].[La+3].[Li+].[O-2].[Zr+4]. The molecular weight excluding hydrogens is 333 g/mol. The third-order valence-electron chi connectivity index (χ3n) is 0.348. The molecule has 0 N–H and O–H groups in total. The van der Waals surface area contributed by atoms with Crippen molar-refractivity contribution in [3.8, 4) is 0 Å². The summed E-state index contributed by atoms with van der Waals surface area (Å²) in [5.74, 6) is -1.19. The second-order valence-electron chi connectivity index (χ2n) is 1.07. The van der Waals surface area contributed by atoms with E-state index in [1.807, 2.05) is 0 Å². The molecular formula is C4H5LaLiO3Zr+5. The summed E-state index contributed by atoms with van der Waals surface area (Å²) in [6.07, 6.45) is 0. The van der Waals surface area contributed by atoms with Gasteiger partial charge in [0.1, 0.15) is 0 Å². The first-order chi connectivity index (χ1) is 2.64. The molecule has 3 nitrogen and oxygen atoms in total. The van der Waals surface area contributed by atoms with Crippen molar-refractivity contribution in [2.24, 2.45) is 0 Å². The van der Waals surface area contributed by atoms with Gasteiger partial charge in [0, 0.05) is 0 Å². The van der Waals surface area contributed by atoms with E-state index < -0.39 is 5.97 Å². The van der Waals surface area contributed by atoms with Crippen molar-refractivity contribution in [1.82, 2.24) is 0 Å². The smallest absolute Gasteiger partial charge is 2.00 e. The Morgan fingerprint density at radius 3 is 1.60 bits per heavy atom. The van der Waals surface area contributed by atoms with E-state index in [0.29, 0.717) is 0 Å². The van der Waals surface area contributed by atoms with Crippen LogP contribution >= 0.6 is 0 Å². The van der Waals surface area contributed by atoms with E-state index in [0.717, 1.165) is 0 Å². The summed E-state index contributed by atoms with van der Waals surface area (Å²) in [7, 11) is 0. The van der Waals surface area contributed by atoms with Crippen LogP contribution < -0.4 is 24.0 Å². The molecule has 0 radical (unpaired) electrons. The number of carboxylic acids is 1. The van der Waals surface area contributed by atoms with Crippen LogP contribution in [0.15, 0.2) is 12.2 Å². The van der Waals surface area contributed by atoms with Crippen LogP contribution in [0.4, 0.5) is 0 Å². The second kappa shape index (κ2) is 17.1. The zero-order valence-electron chi connectivity index (χ0n) is 6.01. The van der Waals surface area contributed by atoms with Gasteiger partial charge in [-0.05, 0) is 12.5 Å². The van der Waals surface area contributed by atoms with Gasteiger partial charge in [-0.1, -0.05) is 6.58 Å². The molecule has 0 spiro atoms. The van der Waals surface area contributed by atoms with Crippen LogP contribution in [0.2, 0.25) is 0 Å². The van der Waals surface area contributed by atoms with Gasteiger partial charge in [0.15, 0.2) is 0 Å². The summed E-state index contributed by atoms with van der Waals surface area (Å²) in [5, 5.41) is 9.49. The van der Waals surface area contributed by atoms with E-state index in [-0.39, 0.29) is 91.7 Å². The van der Waals surface area contributed by atoms with Crippen molar-refractivity contribution in [3.63, 3.8) is 0 Å².